The van der Waals surface area contributed by atoms with E-state index >= 15 is 0 Å². The van der Waals surface area contributed by atoms with Crippen LogP contribution in [-0.2, 0) is 40.9 Å². The summed E-state index contributed by atoms with van der Waals surface area (Å²) in [5.41, 5.74) is 4.55. The summed E-state index contributed by atoms with van der Waals surface area (Å²) >= 11 is 0. The third-order valence-corrected chi connectivity index (χ3v) is 7.73. The topological polar surface area (TPSA) is 75.7 Å². The zero-order valence-electron chi connectivity index (χ0n) is 19.5. The number of hydrogen-bond acceptors (Lipinski definition) is 4. The molecular weight excluding hydrogens is 448 g/mol. The molecule has 3 aromatic carbocycles. The molecule has 7 heteroatoms. The van der Waals surface area contributed by atoms with Gasteiger partial charge in [0.25, 0.3) is 5.91 Å². The first-order valence-electron chi connectivity index (χ1n) is 11.5. The number of amides is 1. The second kappa shape index (κ2) is 10.5. The van der Waals surface area contributed by atoms with E-state index in [9.17, 15) is 13.2 Å². The molecule has 0 aliphatic carbocycles. The Morgan fingerprint density at radius 2 is 1.68 bits per heavy atom. The minimum Gasteiger partial charge on any atom is -0.374 e. The van der Waals surface area contributed by atoms with Crippen molar-refractivity contribution in [1.29, 1.82) is 0 Å². The van der Waals surface area contributed by atoms with Crippen LogP contribution in [0.2, 0.25) is 0 Å². The van der Waals surface area contributed by atoms with Gasteiger partial charge in [0.1, 0.15) is 0 Å². The van der Waals surface area contributed by atoms with Gasteiger partial charge < -0.3 is 10.1 Å². The molecule has 0 saturated heterocycles. The summed E-state index contributed by atoms with van der Waals surface area (Å²) in [5.74, 6) is -0.312. The molecule has 178 valence electrons. The van der Waals surface area contributed by atoms with Gasteiger partial charge in [-0.1, -0.05) is 54.6 Å². The average molecular weight is 479 g/mol. The van der Waals surface area contributed by atoms with Crippen LogP contribution in [0.3, 0.4) is 0 Å². The Kier molecular flexibility index (Phi) is 7.46. The third-order valence-electron chi connectivity index (χ3n) is 5.89. The van der Waals surface area contributed by atoms with Crippen LogP contribution >= 0.6 is 0 Å². The summed E-state index contributed by atoms with van der Waals surface area (Å²) in [6.07, 6.45) is 0.849. The van der Waals surface area contributed by atoms with Gasteiger partial charge in [0.05, 0.1) is 17.6 Å². The molecule has 1 aliphatic heterocycles. The van der Waals surface area contributed by atoms with Crippen LogP contribution < -0.4 is 5.32 Å². The van der Waals surface area contributed by atoms with E-state index in [2.05, 4.69) is 5.32 Å². The van der Waals surface area contributed by atoms with E-state index in [-0.39, 0.29) is 16.9 Å². The van der Waals surface area contributed by atoms with E-state index in [4.69, 9.17) is 4.74 Å². The number of benzene rings is 3. The Morgan fingerprint density at radius 1 is 0.971 bits per heavy atom. The number of rotatable bonds is 8. The maximum atomic E-state index is 13.3. The largest absolute Gasteiger partial charge is 0.374 e. The van der Waals surface area contributed by atoms with Gasteiger partial charge >= 0.3 is 0 Å². The highest BCUT2D eigenvalue weighted by molar-refractivity contribution is 7.89. The molecule has 0 bridgehead atoms. The third kappa shape index (κ3) is 5.73. The second-order valence-corrected chi connectivity index (χ2v) is 10.7. The van der Waals surface area contributed by atoms with Crippen LogP contribution in [0.15, 0.2) is 77.7 Å². The predicted octanol–water partition coefficient (Wildman–Crippen LogP) is 4.29. The fourth-order valence-electron chi connectivity index (χ4n) is 3.92. The predicted molar refractivity (Wildman–Crippen MR) is 132 cm³/mol. The summed E-state index contributed by atoms with van der Waals surface area (Å²) in [4.78, 5) is 12.9. The van der Waals surface area contributed by atoms with Crippen molar-refractivity contribution in [3.05, 3.63) is 101 Å². The van der Waals surface area contributed by atoms with E-state index in [1.165, 1.54) is 15.9 Å². The van der Waals surface area contributed by atoms with Gasteiger partial charge in [-0.05, 0) is 60.7 Å². The number of hydrogen-bond donors (Lipinski definition) is 1. The number of fused-ring (bicyclic) bond motifs is 1. The molecule has 0 saturated carbocycles. The van der Waals surface area contributed by atoms with Gasteiger partial charge in [-0.25, -0.2) is 8.42 Å². The fraction of sp³-hybridized carbons (Fsp3) is 0.296. The van der Waals surface area contributed by atoms with Gasteiger partial charge in [0.2, 0.25) is 10.0 Å². The molecule has 0 fully saturated rings. The van der Waals surface area contributed by atoms with E-state index in [1.807, 2.05) is 62.4 Å². The van der Waals surface area contributed by atoms with E-state index in [0.29, 0.717) is 38.2 Å². The summed E-state index contributed by atoms with van der Waals surface area (Å²) in [6.45, 7) is 5.66. The van der Waals surface area contributed by atoms with Crippen molar-refractivity contribution in [2.75, 3.05) is 6.54 Å². The highest BCUT2D eigenvalue weighted by Crippen LogP contribution is 2.25. The second-order valence-electron chi connectivity index (χ2n) is 8.74. The van der Waals surface area contributed by atoms with E-state index in [1.54, 1.807) is 18.2 Å². The Labute approximate surface area is 201 Å². The lowest BCUT2D eigenvalue weighted by Gasteiger charge is -2.28. The summed E-state index contributed by atoms with van der Waals surface area (Å²) in [5, 5.41) is 2.88. The summed E-state index contributed by atoms with van der Waals surface area (Å²) in [7, 11) is -3.70. The van der Waals surface area contributed by atoms with Gasteiger partial charge in [0.15, 0.2) is 0 Å². The molecule has 4 rings (SSSR count). The van der Waals surface area contributed by atoms with Crippen molar-refractivity contribution in [1.82, 2.24) is 9.62 Å². The first-order valence-corrected chi connectivity index (χ1v) is 12.9. The Hall–Kier alpha value is -3.00. The summed E-state index contributed by atoms with van der Waals surface area (Å²) < 4.78 is 33.6. The van der Waals surface area contributed by atoms with Crippen molar-refractivity contribution in [2.45, 2.75) is 51.0 Å². The molecule has 34 heavy (non-hydrogen) atoms. The van der Waals surface area contributed by atoms with Crippen molar-refractivity contribution >= 4 is 15.9 Å². The maximum absolute atomic E-state index is 13.3. The lowest BCUT2D eigenvalue weighted by Crippen LogP contribution is -2.36. The van der Waals surface area contributed by atoms with Gasteiger partial charge in [-0.3, -0.25) is 4.79 Å². The highest BCUT2D eigenvalue weighted by atomic mass is 32.2. The zero-order chi connectivity index (χ0) is 24.1. The van der Waals surface area contributed by atoms with Gasteiger partial charge in [-0.15, -0.1) is 0 Å². The number of sulfonamides is 1. The minimum absolute atomic E-state index is 0.133. The number of nitrogens with zero attached hydrogens (tertiary/aromatic N) is 1. The van der Waals surface area contributed by atoms with E-state index in [0.717, 1.165) is 16.7 Å². The Bertz CT molecular complexity index is 1250. The van der Waals surface area contributed by atoms with Crippen molar-refractivity contribution < 1.29 is 17.9 Å². The number of carbonyl (C=O) groups is 1. The quantitative estimate of drug-likeness (QED) is 0.524. The van der Waals surface area contributed by atoms with Crippen LogP contribution in [0.4, 0.5) is 0 Å². The molecule has 6 nitrogen and oxygen atoms in total. The standard InChI is InChI=1S/C27H30N2O4S/c1-20(2)33-19-22-12-10-21(11-13-22)17-28-27(30)24-8-5-9-26(16-24)34(31,32)29-15-14-23-6-3-4-7-25(23)18-29/h3-13,16,20H,14-15,17-19H2,1-2H3,(H,28,30). The number of nitrogens with one attached hydrogen (secondary N) is 1. The van der Waals surface area contributed by atoms with Crippen LogP contribution in [0.5, 0.6) is 0 Å². The number of ether oxygens (including phenoxy) is 1. The molecule has 0 spiro atoms. The number of carbonyl (C=O) groups excluding carboxylic acids is 1. The lowest BCUT2D eigenvalue weighted by molar-refractivity contribution is 0.0657. The highest BCUT2D eigenvalue weighted by Gasteiger charge is 2.28. The summed E-state index contributed by atoms with van der Waals surface area (Å²) in [6, 6.07) is 22.0. The first kappa shape index (κ1) is 24.1. The maximum Gasteiger partial charge on any atom is 0.251 e. The van der Waals surface area contributed by atoms with Crippen molar-refractivity contribution in [2.24, 2.45) is 0 Å². The molecule has 0 atom stereocenters. The molecule has 0 aromatic heterocycles. The lowest BCUT2D eigenvalue weighted by atomic mass is 10.0. The molecular formula is C27H30N2O4S. The molecule has 3 aromatic rings. The molecule has 1 amide bonds. The molecule has 0 unspecified atom stereocenters. The average Bonchev–Trinajstić information content (AvgIpc) is 2.86. The molecule has 1 N–H and O–H groups in total. The molecule has 0 radical (unpaired) electrons. The van der Waals surface area contributed by atoms with Crippen molar-refractivity contribution in [3.8, 4) is 0 Å². The molecule has 1 aliphatic rings. The Balaban J connectivity index is 1.40. The zero-order valence-corrected chi connectivity index (χ0v) is 20.3. The van der Waals surface area contributed by atoms with Crippen molar-refractivity contribution in [3.63, 3.8) is 0 Å². The van der Waals surface area contributed by atoms with Crippen LogP contribution in [0.1, 0.15) is 46.5 Å². The van der Waals surface area contributed by atoms with Crippen LogP contribution in [0, 0.1) is 0 Å². The normalized spacial score (nSPS) is 14.1. The van der Waals surface area contributed by atoms with E-state index < -0.39 is 10.0 Å². The van der Waals surface area contributed by atoms with Crippen LogP contribution in [-0.4, -0.2) is 31.3 Å². The van der Waals surface area contributed by atoms with Gasteiger partial charge in [-0.2, -0.15) is 4.31 Å². The first-order chi connectivity index (χ1) is 16.3. The monoisotopic (exact) mass is 478 g/mol. The Morgan fingerprint density at radius 3 is 2.41 bits per heavy atom. The minimum atomic E-state index is -3.70. The smallest absolute Gasteiger partial charge is 0.251 e. The van der Waals surface area contributed by atoms with Crippen LogP contribution in [0.25, 0.3) is 0 Å². The SMILES string of the molecule is CC(C)OCc1ccc(CNC(=O)c2cccc(S(=O)(=O)N3CCc4ccccc4C3)c2)cc1. The van der Waals surface area contributed by atoms with Gasteiger partial charge in [0, 0.05) is 25.2 Å². The fourth-order valence-corrected chi connectivity index (χ4v) is 5.39. The molecule has 1 heterocycles.